The van der Waals surface area contributed by atoms with Crippen LogP contribution < -0.4 is 21.7 Å². The summed E-state index contributed by atoms with van der Waals surface area (Å²) >= 11 is 0. The van der Waals surface area contributed by atoms with Gasteiger partial charge < -0.3 is 37.0 Å². The molecule has 0 aliphatic heterocycles. The minimum absolute atomic E-state index is 0.00430. The number of aliphatic hydroxyl groups excluding tert-OH is 1. The minimum Gasteiger partial charge on any atom is -0.508 e. The molecule has 0 saturated carbocycles. The molecule has 0 fully saturated rings. The molecule has 0 aliphatic rings. The average molecular weight is 543 g/mol. The van der Waals surface area contributed by atoms with E-state index in [9.17, 15) is 34.5 Å². The Balaban J connectivity index is 2.20. The van der Waals surface area contributed by atoms with Gasteiger partial charge in [0.15, 0.2) is 0 Å². The van der Waals surface area contributed by atoms with Gasteiger partial charge in [-0.1, -0.05) is 56.3 Å². The molecule has 3 amide bonds. The van der Waals surface area contributed by atoms with Crippen molar-refractivity contribution in [1.82, 2.24) is 16.0 Å². The van der Waals surface area contributed by atoms with Gasteiger partial charge in [-0.25, -0.2) is 4.79 Å². The average Bonchev–Trinajstić information content (AvgIpc) is 2.87. The first-order chi connectivity index (χ1) is 18.4. The van der Waals surface area contributed by atoms with Crippen molar-refractivity contribution in [3.63, 3.8) is 0 Å². The highest BCUT2D eigenvalue weighted by Crippen LogP contribution is 2.13. The fraction of sp³-hybridized carbons (Fsp3) is 0.429. The molecule has 0 heterocycles. The molecule has 0 saturated heterocycles. The maximum Gasteiger partial charge on any atom is 0.326 e. The van der Waals surface area contributed by atoms with Crippen molar-refractivity contribution in [2.24, 2.45) is 11.7 Å². The van der Waals surface area contributed by atoms with Crippen LogP contribution in [0, 0.1) is 5.92 Å². The van der Waals surface area contributed by atoms with Crippen LogP contribution in [0.1, 0.15) is 38.3 Å². The van der Waals surface area contributed by atoms with Crippen LogP contribution >= 0.6 is 0 Å². The van der Waals surface area contributed by atoms with Crippen molar-refractivity contribution in [2.75, 3.05) is 0 Å². The molecular formula is C28H38N4O7. The number of rotatable bonds is 14. The van der Waals surface area contributed by atoms with Crippen molar-refractivity contribution >= 4 is 23.7 Å². The second-order valence-electron chi connectivity index (χ2n) is 9.98. The summed E-state index contributed by atoms with van der Waals surface area (Å²) in [6.45, 7) is 5.09. The van der Waals surface area contributed by atoms with E-state index >= 15 is 0 Å². The summed E-state index contributed by atoms with van der Waals surface area (Å²) in [4.78, 5) is 50.9. The number of carboxylic acids is 1. The minimum atomic E-state index is -1.50. The van der Waals surface area contributed by atoms with Gasteiger partial charge in [-0.2, -0.15) is 0 Å². The van der Waals surface area contributed by atoms with E-state index < -0.39 is 54.0 Å². The van der Waals surface area contributed by atoms with E-state index in [0.717, 1.165) is 0 Å². The molecule has 8 N–H and O–H groups in total. The van der Waals surface area contributed by atoms with E-state index in [1.807, 2.05) is 13.8 Å². The first kappa shape index (κ1) is 31.3. The highest BCUT2D eigenvalue weighted by Gasteiger charge is 2.33. The Labute approximate surface area is 227 Å². The number of carbonyl (C=O) groups is 4. The molecule has 2 aromatic carbocycles. The summed E-state index contributed by atoms with van der Waals surface area (Å²) in [5.41, 5.74) is 7.27. The predicted molar refractivity (Wildman–Crippen MR) is 144 cm³/mol. The molecule has 5 atom stereocenters. The Morgan fingerprint density at radius 2 is 1.31 bits per heavy atom. The Morgan fingerprint density at radius 3 is 1.85 bits per heavy atom. The second-order valence-corrected chi connectivity index (χ2v) is 9.98. The number of nitrogens with one attached hydrogen (secondary N) is 3. The Hall–Kier alpha value is -3.96. The zero-order valence-electron chi connectivity index (χ0n) is 22.3. The monoisotopic (exact) mass is 542 g/mol. The third-order valence-electron chi connectivity index (χ3n) is 6.03. The summed E-state index contributed by atoms with van der Waals surface area (Å²) in [7, 11) is 0. The summed E-state index contributed by atoms with van der Waals surface area (Å²) in [6, 6.07) is 9.87. The topological polar surface area (TPSA) is 191 Å². The van der Waals surface area contributed by atoms with Gasteiger partial charge >= 0.3 is 5.97 Å². The molecule has 5 unspecified atom stereocenters. The number of phenols is 1. The lowest BCUT2D eigenvalue weighted by molar-refractivity contribution is -0.143. The summed E-state index contributed by atoms with van der Waals surface area (Å²) in [5, 5.41) is 36.9. The number of carbonyl (C=O) groups excluding carboxylic acids is 3. The molecule has 11 heteroatoms. The van der Waals surface area contributed by atoms with Crippen LogP contribution in [0.4, 0.5) is 0 Å². The number of aliphatic carboxylic acids is 1. The van der Waals surface area contributed by atoms with Crippen molar-refractivity contribution in [3.8, 4) is 5.75 Å². The molecule has 2 aromatic rings. The smallest absolute Gasteiger partial charge is 0.326 e. The molecule has 39 heavy (non-hydrogen) atoms. The number of aromatic hydroxyl groups is 1. The van der Waals surface area contributed by atoms with Crippen LogP contribution in [0.5, 0.6) is 5.75 Å². The number of carboxylic acid groups (broad SMARTS) is 1. The highest BCUT2D eigenvalue weighted by atomic mass is 16.4. The zero-order valence-corrected chi connectivity index (χ0v) is 22.3. The number of amides is 3. The number of nitrogens with two attached hydrogens (primary N) is 1. The standard InChI is InChI=1S/C28H38N4O7/c1-16(2)13-21(29)25(35)30-22(14-19-9-11-20(34)12-10-19)26(36)32-24(17(3)33)27(37)31-23(28(38)39)15-18-7-5-4-6-8-18/h4-12,16-17,21-24,33-34H,13-15,29H2,1-3H3,(H,30,35)(H,31,37)(H,32,36)(H,38,39). The number of hydrogen-bond acceptors (Lipinski definition) is 7. The molecule has 0 aromatic heterocycles. The fourth-order valence-corrected chi connectivity index (χ4v) is 3.94. The van der Waals surface area contributed by atoms with E-state index in [0.29, 0.717) is 17.5 Å². The lowest BCUT2D eigenvalue weighted by Crippen LogP contribution is -2.60. The van der Waals surface area contributed by atoms with Gasteiger partial charge in [0.2, 0.25) is 17.7 Å². The molecule has 11 nitrogen and oxygen atoms in total. The number of aliphatic hydroxyl groups is 1. The normalized spacial score (nSPS) is 14.9. The summed E-state index contributed by atoms with van der Waals surface area (Å²) < 4.78 is 0. The van der Waals surface area contributed by atoms with E-state index in [1.54, 1.807) is 42.5 Å². The predicted octanol–water partition coefficient (Wildman–Crippen LogP) is 0.471. The maximum atomic E-state index is 13.3. The molecule has 0 spiro atoms. The first-order valence-corrected chi connectivity index (χ1v) is 12.8. The zero-order chi connectivity index (χ0) is 29.1. The molecule has 0 aliphatic carbocycles. The van der Waals surface area contributed by atoms with Gasteiger partial charge in [-0.15, -0.1) is 0 Å². The molecule has 0 radical (unpaired) electrons. The van der Waals surface area contributed by atoms with Gasteiger partial charge in [-0.05, 0) is 42.5 Å². The number of phenolic OH excluding ortho intramolecular Hbond substituents is 1. The van der Waals surface area contributed by atoms with E-state index in [4.69, 9.17) is 5.73 Å². The largest absolute Gasteiger partial charge is 0.508 e. The fourth-order valence-electron chi connectivity index (χ4n) is 3.94. The molecule has 212 valence electrons. The number of benzene rings is 2. The summed E-state index contributed by atoms with van der Waals surface area (Å²) in [5.74, 6) is -3.35. The van der Waals surface area contributed by atoms with E-state index in [2.05, 4.69) is 16.0 Å². The molecular weight excluding hydrogens is 504 g/mol. The third kappa shape index (κ3) is 10.4. The van der Waals surface area contributed by atoms with Crippen molar-refractivity contribution in [3.05, 3.63) is 65.7 Å². The Kier molecular flexibility index (Phi) is 11.9. The van der Waals surface area contributed by atoms with Crippen LogP contribution in [0.15, 0.2) is 54.6 Å². The van der Waals surface area contributed by atoms with Gasteiger partial charge in [0.25, 0.3) is 0 Å². The van der Waals surface area contributed by atoms with E-state index in [1.165, 1.54) is 19.1 Å². The second kappa shape index (κ2) is 14.8. The van der Waals surface area contributed by atoms with Crippen LogP contribution in [0.3, 0.4) is 0 Å². The van der Waals surface area contributed by atoms with Crippen molar-refractivity contribution in [1.29, 1.82) is 0 Å². The first-order valence-electron chi connectivity index (χ1n) is 12.8. The van der Waals surface area contributed by atoms with Gasteiger partial charge in [0.05, 0.1) is 12.1 Å². The SMILES string of the molecule is CC(C)CC(N)C(=O)NC(Cc1ccc(O)cc1)C(=O)NC(C(=O)NC(Cc1ccccc1)C(=O)O)C(C)O. The van der Waals surface area contributed by atoms with Crippen LogP contribution in [-0.4, -0.2) is 69.3 Å². The quantitative estimate of drug-likeness (QED) is 0.179. The van der Waals surface area contributed by atoms with Gasteiger partial charge in [-0.3, -0.25) is 14.4 Å². The van der Waals surface area contributed by atoms with E-state index in [-0.39, 0.29) is 24.5 Å². The Morgan fingerprint density at radius 1 is 0.769 bits per heavy atom. The lowest BCUT2D eigenvalue weighted by atomic mass is 10.0. The lowest BCUT2D eigenvalue weighted by Gasteiger charge is -2.27. The van der Waals surface area contributed by atoms with Crippen molar-refractivity contribution < 1.29 is 34.5 Å². The van der Waals surface area contributed by atoms with Crippen LogP contribution in [-0.2, 0) is 32.0 Å². The van der Waals surface area contributed by atoms with Gasteiger partial charge in [0, 0.05) is 12.8 Å². The summed E-state index contributed by atoms with van der Waals surface area (Å²) in [6.07, 6.45) is -0.994. The maximum absolute atomic E-state index is 13.3. The molecule has 2 rings (SSSR count). The highest BCUT2D eigenvalue weighted by molar-refractivity contribution is 5.94. The Bertz CT molecular complexity index is 1110. The van der Waals surface area contributed by atoms with Crippen LogP contribution in [0.25, 0.3) is 0 Å². The van der Waals surface area contributed by atoms with Crippen molar-refractivity contribution in [2.45, 2.75) is 70.3 Å². The van der Waals surface area contributed by atoms with Gasteiger partial charge in [0.1, 0.15) is 23.9 Å². The van der Waals surface area contributed by atoms with Crippen LogP contribution in [0.2, 0.25) is 0 Å². The third-order valence-corrected chi connectivity index (χ3v) is 6.03. The molecule has 0 bridgehead atoms. The number of hydrogen-bond donors (Lipinski definition) is 7.